The standard InChI is InChI=1S/C7H15N3O2/c1-5(6(2)11)10-7(12)9-4-3-8/h5H,3-4,8H2,1-2H3,(H2,9,10,12). The quantitative estimate of drug-likeness (QED) is 0.521. The summed E-state index contributed by atoms with van der Waals surface area (Å²) in [4.78, 5) is 21.6. The summed E-state index contributed by atoms with van der Waals surface area (Å²) >= 11 is 0. The third-order valence-corrected chi connectivity index (χ3v) is 1.39. The molecule has 5 nitrogen and oxygen atoms in total. The highest BCUT2D eigenvalue weighted by Crippen LogP contribution is 1.82. The van der Waals surface area contributed by atoms with Gasteiger partial charge in [0, 0.05) is 13.1 Å². The Labute approximate surface area is 71.7 Å². The molecule has 5 heteroatoms. The van der Waals surface area contributed by atoms with E-state index in [1.807, 2.05) is 0 Å². The van der Waals surface area contributed by atoms with Crippen LogP contribution in [-0.2, 0) is 4.79 Å². The predicted octanol–water partition coefficient (Wildman–Crippen LogP) is -0.778. The van der Waals surface area contributed by atoms with Gasteiger partial charge in [0.25, 0.3) is 0 Å². The van der Waals surface area contributed by atoms with Crippen molar-refractivity contribution in [1.29, 1.82) is 0 Å². The van der Waals surface area contributed by atoms with Gasteiger partial charge in [-0.1, -0.05) is 0 Å². The summed E-state index contributed by atoms with van der Waals surface area (Å²) in [6.45, 7) is 3.86. The molecule has 0 saturated heterocycles. The molecule has 0 aromatic heterocycles. The van der Waals surface area contributed by atoms with E-state index in [0.29, 0.717) is 13.1 Å². The molecule has 0 rings (SSSR count). The molecule has 0 heterocycles. The third-order valence-electron chi connectivity index (χ3n) is 1.39. The summed E-state index contributed by atoms with van der Waals surface area (Å²) < 4.78 is 0. The van der Waals surface area contributed by atoms with Crippen molar-refractivity contribution in [2.24, 2.45) is 5.73 Å². The molecule has 70 valence electrons. The average Bonchev–Trinajstić information content (AvgIpc) is 2.00. The smallest absolute Gasteiger partial charge is 0.315 e. The molecule has 0 radical (unpaired) electrons. The molecule has 0 aliphatic heterocycles. The van der Waals surface area contributed by atoms with Crippen LogP contribution in [0.15, 0.2) is 0 Å². The Kier molecular flexibility index (Phi) is 5.03. The van der Waals surface area contributed by atoms with Crippen LogP contribution in [0.5, 0.6) is 0 Å². The fraction of sp³-hybridized carbons (Fsp3) is 0.714. The zero-order valence-corrected chi connectivity index (χ0v) is 7.39. The molecule has 12 heavy (non-hydrogen) atoms. The van der Waals surface area contributed by atoms with Crippen LogP contribution in [0.4, 0.5) is 4.79 Å². The van der Waals surface area contributed by atoms with E-state index in [-0.39, 0.29) is 11.8 Å². The fourth-order valence-electron chi connectivity index (χ4n) is 0.535. The highest BCUT2D eigenvalue weighted by atomic mass is 16.2. The number of hydrogen-bond acceptors (Lipinski definition) is 3. The van der Waals surface area contributed by atoms with Crippen LogP contribution in [0.1, 0.15) is 13.8 Å². The highest BCUT2D eigenvalue weighted by Gasteiger charge is 2.09. The van der Waals surface area contributed by atoms with Gasteiger partial charge in [0.1, 0.15) is 0 Å². The second kappa shape index (κ2) is 5.54. The first kappa shape index (κ1) is 10.9. The number of nitrogens with one attached hydrogen (secondary N) is 2. The van der Waals surface area contributed by atoms with Gasteiger partial charge in [-0.2, -0.15) is 0 Å². The first-order valence-electron chi connectivity index (χ1n) is 3.82. The van der Waals surface area contributed by atoms with E-state index in [2.05, 4.69) is 10.6 Å². The molecule has 0 spiro atoms. The zero-order valence-electron chi connectivity index (χ0n) is 7.39. The van der Waals surface area contributed by atoms with Gasteiger partial charge in [0.15, 0.2) is 5.78 Å². The van der Waals surface area contributed by atoms with Crippen molar-refractivity contribution >= 4 is 11.8 Å². The second-order valence-electron chi connectivity index (χ2n) is 2.52. The SMILES string of the molecule is CC(=O)C(C)NC(=O)NCCN. The Balaban J connectivity index is 3.61. The molecule has 0 aromatic carbocycles. The summed E-state index contributed by atoms with van der Waals surface area (Å²) in [5, 5.41) is 4.95. The van der Waals surface area contributed by atoms with Crippen molar-refractivity contribution in [2.75, 3.05) is 13.1 Å². The molecular formula is C7H15N3O2. The van der Waals surface area contributed by atoms with Crippen molar-refractivity contribution in [3.8, 4) is 0 Å². The van der Waals surface area contributed by atoms with Crippen LogP contribution < -0.4 is 16.4 Å². The summed E-state index contributed by atoms with van der Waals surface area (Å²) in [6.07, 6.45) is 0. The molecule has 0 aromatic rings. The van der Waals surface area contributed by atoms with E-state index in [1.165, 1.54) is 6.92 Å². The van der Waals surface area contributed by atoms with Gasteiger partial charge < -0.3 is 16.4 Å². The summed E-state index contributed by atoms with van der Waals surface area (Å²) in [5.74, 6) is -0.0714. The van der Waals surface area contributed by atoms with Gasteiger partial charge in [-0.15, -0.1) is 0 Å². The topological polar surface area (TPSA) is 84.2 Å². The van der Waals surface area contributed by atoms with Gasteiger partial charge in [0.05, 0.1) is 6.04 Å². The number of ketones is 1. The molecule has 2 amide bonds. The highest BCUT2D eigenvalue weighted by molar-refractivity contribution is 5.86. The molecule has 1 unspecified atom stereocenters. The minimum absolute atomic E-state index is 0.0714. The number of nitrogens with two attached hydrogens (primary N) is 1. The van der Waals surface area contributed by atoms with Gasteiger partial charge in [-0.05, 0) is 13.8 Å². The number of urea groups is 1. The lowest BCUT2D eigenvalue weighted by molar-refractivity contribution is -0.118. The molecule has 4 N–H and O–H groups in total. The number of carbonyl (C=O) groups is 2. The van der Waals surface area contributed by atoms with Crippen molar-refractivity contribution < 1.29 is 9.59 Å². The first-order chi connectivity index (χ1) is 5.57. The van der Waals surface area contributed by atoms with Crippen LogP contribution in [0.25, 0.3) is 0 Å². The number of amides is 2. The molecule has 0 fully saturated rings. The average molecular weight is 173 g/mol. The Bertz CT molecular complexity index is 170. The van der Waals surface area contributed by atoms with Crippen LogP contribution in [0, 0.1) is 0 Å². The Morgan fingerprint density at radius 3 is 2.50 bits per heavy atom. The van der Waals surface area contributed by atoms with Crippen LogP contribution in [0.3, 0.4) is 0 Å². The lowest BCUT2D eigenvalue weighted by atomic mass is 10.2. The second-order valence-corrected chi connectivity index (χ2v) is 2.52. The lowest BCUT2D eigenvalue weighted by Crippen LogP contribution is -2.44. The Morgan fingerprint density at radius 2 is 2.08 bits per heavy atom. The van der Waals surface area contributed by atoms with Crippen molar-refractivity contribution in [3.05, 3.63) is 0 Å². The van der Waals surface area contributed by atoms with E-state index in [0.717, 1.165) is 0 Å². The van der Waals surface area contributed by atoms with Crippen molar-refractivity contribution in [1.82, 2.24) is 10.6 Å². The molecule has 0 aliphatic carbocycles. The van der Waals surface area contributed by atoms with Crippen molar-refractivity contribution in [2.45, 2.75) is 19.9 Å². The van der Waals surface area contributed by atoms with Crippen LogP contribution in [0.2, 0.25) is 0 Å². The summed E-state index contributed by atoms with van der Waals surface area (Å²) in [6, 6.07) is -0.800. The lowest BCUT2D eigenvalue weighted by Gasteiger charge is -2.10. The largest absolute Gasteiger partial charge is 0.337 e. The van der Waals surface area contributed by atoms with Gasteiger partial charge in [-0.3, -0.25) is 4.79 Å². The third kappa shape index (κ3) is 4.68. The van der Waals surface area contributed by atoms with Crippen LogP contribution in [-0.4, -0.2) is 30.9 Å². The zero-order chi connectivity index (χ0) is 9.56. The minimum Gasteiger partial charge on any atom is -0.337 e. The molecule has 0 bridgehead atoms. The maximum Gasteiger partial charge on any atom is 0.315 e. The number of hydrogen-bond donors (Lipinski definition) is 3. The maximum absolute atomic E-state index is 10.9. The number of Topliss-reactive ketones (excluding diaryl/α,β-unsaturated/α-hetero) is 1. The Morgan fingerprint density at radius 1 is 1.50 bits per heavy atom. The molecule has 0 aliphatic rings. The summed E-state index contributed by atoms with van der Waals surface area (Å²) in [7, 11) is 0. The first-order valence-corrected chi connectivity index (χ1v) is 3.82. The van der Waals surface area contributed by atoms with E-state index < -0.39 is 6.04 Å². The van der Waals surface area contributed by atoms with Crippen molar-refractivity contribution in [3.63, 3.8) is 0 Å². The van der Waals surface area contributed by atoms with E-state index in [1.54, 1.807) is 6.92 Å². The maximum atomic E-state index is 10.9. The van der Waals surface area contributed by atoms with Crippen LogP contribution >= 0.6 is 0 Å². The van der Waals surface area contributed by atoms with Gasteiger partial charge in [0.2, 0.25) is 0 Å². The molecule has 1 atom stereocenters. The predicted molar refractivity (Wildman–Crippen MR) is 45.7 cm³/mol. The molecular weight excluding hydrogens is 158 g/mol. The molecule has 0 saturated carbocycles. The Hall–Kier alpha value is -1.10. The van der Waals surface area contributed by atoms with E-state index >= 15 is 0 Å². The fourth-order valence-corrected chi connectivity index (χ4v) is 0.535. The van der Waals surface area contributed by atoms with E-state index in [9.17, 15) is 9.59 Å². The number of carbonyl (C=O) groups excluding carboxylic acids is 2. The normalized spacial score (nSPS) is 11.9. The van der Waals surface area contributed by atoms with Gasteiger partial charge in [-0.25, -0.2) is 4.79 Å². The minimum atomic E-state index is -0.442. The summed E-state index contributed by atoms with van der Waals surface area (Å²) in [5.41, 5.74) is 5.16. The van der Waals surface area contributed by atoms with Gasteiger partial charge >= 0.3 is 6.03 Å². The monoisotopic (exact) mass is 173 g/mol. The number of rotatable bonds is 4. The van der Waals surface area contributed by atoms with E-state index in [4.69, 9.17) is 5.73 Å².